The molecule has 3 nitrogen and oxygen atoms in total. The summed E-state index contributed by atoms with van der Waals surface area (Å²) in [4.78, 5) is -0.495. The van der Waals surface area contributed by atoms with Crippen LogP contribution in [-0.2, 0) is 10.0 Å². The minimum absolute atomic E-state index is 0.0502. The molecule has 2 aromatic carbocycles. The first-order valence-electron chi connectivity index (χ1n) is 5.50. The van der Waals surface area contributed by atoms with Crippen molar-refractivity contribution in [2.75, 3.05) is 0 Å². The van der Waals surface area contributed by atoms with Crippen molar-refractivity contribution in [1.82, 2.24) is 0 Å². The lowest BCUT2D eigenvalue weighted by atomic mass is 10.2. The van der Waals surface area contributed by atoms with E-state index in [1.54, 1.807) is 0 Å². The van der Waals surface area contributed by atoms with Gasteiger partial charge in [-0.3, -0.25) is 0 Å². The van der Waals surface area contributed by atoms with Gasteiger partial charge in [0.15, 0.2) is 11.6 Å². The predicted molar refractivity (Wildman–Crippen MR) is 75.2 cm³/mol. The van der Waals surface area contributed by atoms with Crippen molar-refractivity contribution in [1.29, 1.82) is 0 Å². The number of rotatable bonds is 3. The van der Waals surface area contributed by atoms with E-state index < -0.39 is 32.4 Å². The number of halogens is 4. The van der Waals surface area contributed by atoms with Crippen LogP contribution in [0, 0.1) is 17.5 Å². The fourth-order valence-electron chi connectivity index (χ4n) is 1.44. The second-order valence-corrected chi connectivity index (χ2v) is 6.35. The molecule has 0 bridgehead atoms. The highest BCUT2D eigenvalue weighted by atomic mass is 79.9. The first-order chi connectivity index (χ1) is 9.81. The lowest BCUT2D eigenvalue weighted by Gasteiger charge is -2.01. The summed E-state index contributed by atoms with van der Waals surface area (Å²) in [5.41, 5.74) is 0.196. The van der Waals surface area contributed by atoms with Crippen LogP contribution < -0.4 is 0 Å². The van der Waals surface area contributed by atoms with Gasteiger partial charge in [0.25, 0.3) is 10.0 Å². The summed E-state index contributed by atoms with van der Waals surface area (Å²) in [5, 5.41) is 0. The van der Waals surface area contributed by atoms with E-state index in [1.807, 2.05) is 0 Å². The summed E-state index contributed by atoms with van der Waals surface area (Å²) in [7, 11) is -4.21. The molecule has 0 spiro atoms. The Balaban J connectivity index is 2.39. The Morgan fingerprint density at radius 3 is 2.38 bits per heavy atom. The Kier molecular flexibility index (Phi) is 4.48. The SMILES string of the molecule is O=S(=O)(/N=C/c1cccc(F)c1Br)c1ccc(F)c(F)c1. The van der Waals surface area contributed by atoms with E-state index in [9.17, 15) is 21.6 Å². The third-order valence-corrected chi connectivity index (χ3v) is 4.57. The molecule has 21 heavy (non-hydrogen) atoms. The maximum absolute atomic E-state index is 13.3. The number of sulfonamides is 1. The van der Waals surface area contributed by atoms with Gasteiger partial charge < -0.3 is 0 Å². The molecule has 0 unspecified atom stereocenters. The number of hydrogen-bond donors (Lipinski definition) is 0. The zero-order valence-electron chi connectivity index (χ0n) is 10.2. The van der Waals surface area contributed by atoms with Crippen molar-refractivity contribution >= 4 is 32.2 Å². The van der Waals surface area contributed by atoms with Gasteiger partial charge in [0.1, 0.15) is 5.82 Å². The van der Waals surface area contributed by atoms with Crippen LogP contribution in [0.5, 0.6) is 0 Å². The first kappa shape index (κ1) is 15.7. The topological polar surface area (TPSA) is 46.5 Å². The Labute approximate surface area is 127 Å². The molecule has 0 atom stereocenters. The molecule has 0 amide bonds. The van der Waals surface area contributed by atoms with Crippen molar-refractivity contribution in [3.8, 4) is 0 Å². The monoisotopic (exact) mass is 377 g/mol. The summed E-state index contributed by atoms with van der Waals surface area (Å²) in [6.07, 6.45) is 0.920. The van der Waals surface area contributed by atoms with Gasteiger partial charge >= 0.3 is 0 Å². The van der Waals surface area contributed by atoms with Gasteiger partial charge in [0.2, 0.25) is 0 Å². The third-order valence-electron chi connectivity index (χ3n) is 2.50. The fraction of sp³-hybridized carbons (Fsp3) is 0. The lowest BCUT2D eigenvalue weighted by molar-refractivity contribution is 0.504. The molecule has 0 aliphatic rings. The molecule has 0 aliphatic heterocycles. The smallest absolute Gasteiger partial charge is 0.206 e. The van der Waals surface area contributed by atoms with Crippen molar-refractivity contribution in [2.45, 2.75) is 4.90 Å². The van der Waals surface area contributed by atoms with Crippen LogP contribution in [-0.4, -0.2) is 14.6 Å². The fourth-order valence-corrected chi connectivity index (χ4v) is 2.68. The molecule has 0 N–H and O–H groups in total. The van der Waals surface area contributed by atoms with Crippen LogP contribution in [0.15, 0.2) is 50.2 Å². The highest BCUT2D eigenvalue weighted by Crippen LogP contribution is 2.20. The molecule has 0 saturated carbocycles. The van der Waals surface area contributed by atoms with E-state index in [4.69, 9.17) is 0 Å². The summed E-state index contributed by atoms with van der Waals surface area (Å²) < 4.78 is 66.2. The molecule has 2 rings (SSSR count). The molecule has 8 heteroatoms. The quantitative estimate of drug-likeness (QED) is 0.766. The molecular formula is C13H7BrF3NO2S. The molecule has 0 aromatic heterocycles. The van der Waals surface area contributed by atoms with Gasteiger partial charge in [-0.05, 0) is 40.2 Å². The van der Waals surface area contributed by atoms with Crippen molar-refractivity contribution in [2.24, 2.45) is 4.40 Å². The molecule has 0 aliphatic carbocycles. The highest BCUT2D eigenvalue weighted by molar-refractivity contribution is 9.10. The van der Waals surface area contributed by atoms with E-state index in [1.165, 1.54) is 18.2 Å². The molecule has 0 saturated heterocycles. The minimum atomic E-state index is -4.21. The van der Waals surface area contributed by atoms with Crippen molar-refractivity contribution < 1.29 is 21.6 Å². The van der Waals surface area contributed by atoms with E-state index in [0.29, 0.717) is 12.1 Å². The maximum atomic E-state index is 13.3. The number of benzene rings is 2. The standard InChI is InChI=1S/C13H7BrF3NO2S/c14-13-8(2-1-3-11(13)16)7-18-21(19,20)9-4-5-10(15)12(17)6-9/h1-7H/b18-7+. The summed E-state index contributed by atoms with van der Waals surface area (Å²) in [6, 6.07) is 6.12. The molecular weight excluding hydrogens is 371 g/mol. The van der Waals surface area contributed by atoms with Crippen LogP contribution in [0.3, 0.4) is 0 Å². The Morgan fingerprint density at radius 2 is 1.71 bits per heavy atom. The van der Waals surface area contributed by atoms with Crippen LogP contribution in [0.2, 0.25) is 0 Å². The van der Waals surface area contributed by atoms with E-state index in [-0.39, 0.29) is 10.0 Å². The van der Waals surface area contributed by atoms with Gasteiger partial charge in [-0.15, -0.1) is 0 Å². The van der Waals surface area contributed by atoms with Gasteiger partial charge in [-0.25, -0.2) is 13.2 Å². The van der Waals surface area contributed by atoms with Gasteiger partial charge in [0.05, 0.1) is 9.37 Å². The molecule has 0 radical (unpaired) electrons. The average molecular weight is 378 g/mol. The zero-order valence-corrected chi connectivity index (χ0v) is 12.6. The van der Waals surface area contributed by atoms with Gasteiger partial charge in [-0.1, -0.05) is 12.1 Å². The van der Waals surface area contributed by atoms with Gasteiger partial charge in [0, 0.05) is 11.8 Å². The van der Waals surface area contributed by atoms with E-state index in [0.717, 1.165) is 12.3 Å². The summed E-state index contributed by atoms with van der Waals surface area (Å²) in [6.45, 7) is 0. The van der Waals surface area contributed by atoms with Crippen LogP contribution in [0.4, 0.5) is 13.2 Å². The summed E-state index contributed by atoms with van der Waals surface area (Å²) in [5.74, 6) is -3.03. The lowest BCUT2D eigenvalue weighted by Crippen LogP contribution is -2.00. The van der Waals surface area contributed by atoms with Crippen molar-refractivity contribution in [3.05, 3.63) is 63.9 Å². The Bertz CT molecular complexity index is 822. The molecule has 0 fully saturated rings. The van der Waals surface area contributed by atoms with Crippen LogP contribution in [0.1, 0.15) is 5.56 Å². The minimum Gasteiger partial charge on any atom is -0.206 e. The highest BCUT2D eigenvalue weighted by Gasteiger charge is 2.15. The molecule has 2 aromatic rings. The largest absolute Gasteiger partial charge is 0.282 e. The van der Waals surface area contributed by atoms with E-state index in [2.05, 4.69) is 20.3 Å². The second-order valence-electron chi connectivity index (χ2n) is 3.93. The summed E-state index contributed by atoms with van der Waals surface area (Å²) >= 11 is 2.95. The first-order valence-corrected chi connectivity index (χ1v) is 7.74. The average Bonchev–Trinajstić information content (AvgIpc) is 2.43. The van der Waals surface area contributed by atoms with Crippen LogP contribution in [0.25, 0.3) is 0 Å². The Morgan fingerprint density at radius 1 is 1.00 bits per heavy atom. The van der Waals surface area contributed by atoms with E-state index >= 15 is 0 Å². The molecule has 110 valence electrons. The Hall–Kier alpha value is -1.67. The number of nitrogens with zero attached hydrogens (tertiary/aromatic N) is 1. The van der Waals surface area contributed by atoms with Crippen molar-refractivity contribution in [3.63, 3.8) is 0 Å². The van der Waals surface area contributed by atoms with Gasteiger partial charge in [-0.2, -0.15) is 12.8 Å². The second kappa shape index (κ2) is 5.98. The predicted octanol–water partition coefficient (Wildman–Crippen LogP) is 3.67. The normalized spacial score (nSPS) is 12.0. The third kappa shape index (κ3) is 3.51. The number of hydrogen-bond acceptors (Lipinski definition) is 2. The van der Waals surface area contributed by atoms with Crippen LogP contribution >= 0.6 is 15.9 Å². The zero-order chi connectivity index (χ0) is 15.6. The maximum Gasteiger partial charge on any atom is 0.282 e. The molecule has 0 heterocycles.